The smallest absolute Gasteiger partial charge is 0.227 e. The van der Waals surface area contributed by atoms with E-state index in [4.69, 9.17) is 9.47 Å². The quantitative estimate of drug-likeness (QED) is 0.695. The number of nitrogens with one attached hydrogen (secondary N) is 1. The summed E-state index contributed by atoms with van der Waals surface area (Å²) in [6.45, 7) is 1.86. The molecule has 6 nitrogen and oxygen atoms in total. The van der Waals surface area contributed by atoms with Crippen LogP contribution in [0.15, 0.2) is 54.6 Å². The number of likely N-dealkylation sites (tertiary alicyclic amines) is 1. The fourth-order valence-electron chi connectivity index (χ4n) is 3.75. The van der Waals surface area contributed by atoms with E-state index < -0.39 is 0 Å². The molecule has 2 aromatic rings. The average molecular weight is 396 g/mol. The lowest BCUT2D eigenvalue weighted by atomic mass is 9.88. The van der Waals surface area contributed by atoms with Gasteiger partial charge in [0.2, 0.25) is 11.8 Å². The zero-order chi connectivity index (χ0) is 20.6. The molecule has 29 heavy (non-hydrogen) atoms. The second kappa shape index (κ2) is 10.1. The Bertz CT molecular complexity index is 807. The minimum absolute atomic E-state index is 0.0434. The van der Waals surface area contributed by atoms with Crippen LogP contribution in [0.25, 0.3) is 0 Å². The number of hydrogen-bond donors (Lipinski definition) is 1. The first kappa shape index (κ1) is 20.9. The minimum Gasteiger partial charge on any atom is -0.497 e. The summed E-state index contributed by atoms with van der Waals surface area (Å²) >= 11 is 0. The maximum atomic E-state index is 12.9. The average Bonchev–Trinajstić information content (AvgIpc) is 3.20. The molecule has 1 aliphatic heterocycles. The summed E-state index contributed by atoms with van der Waals surface area (Å²) in [6, 6.07) is 17.4. The van der Waals surface area contributed by atoms with Crippen molar-refractivity contribution in [2.24, 2.45) is 5.92 Å². The van der Waals surface area contributed by atoms with Gasteiger partial charge in [-0.2, -0.15) is 0 Å². The molecule has 2 amide bonds. The molecule has 1 heterocycles. The molecule has 1 aliphatic rings. The van der Waals surface area contributed by atoms with Gasteiger partial charge < -0.3 is 19.7 Å². The summed E-state index contributed by atoms with van der Waals surface area (Å²) in [6.07, 6.45) is 0.341. The van der Waals surface area contributed by atoms with Crippen molar-refractivity contribution >= 4 is 11.8 Å². The molecule has 1 saturated heterocycles. The van der Waals surface area contributed by atoms with E-state index in [2.05, 4.69) is 5.32 Å². The molecule has 0 aliphatic carbocycles. The molecule has 0 bridgehead atoms. The van der Waals surface area contributed by atoms with Crippen LogP contribution in [0.1, 0.15) is 17.0 Å². The number of carbonyl (C=O) groups excluding carboxylic acids is 2. The predicted molar refractivity (Wildman–Crippen MR) is 111 cm³/mol. The van der Waals surface area contributed by atoms with Gasteiger partial charge in [-0.15, -0.1) is 0 Å². The van der Waals surface area contributed by atoms with Gasteiger partial charge in [-0.25, -0.2) is 0 Å². The molecule has 1 fully saturated rings. The van der Waals surface area contributed by atoms with Crippen molar-refractivity contribution in [1.29, 1.82) is 0 Å². The number of nitrogens with zero attached hydrogens (tertiary/aromatic N) is 1. The summed E-state index contributed by atoms with van der Waals surface area (Å²) in [7, 11) is 3.23. The standard InChI is InChI=1S/C23H28N2O4/c1-28-13-12-24-23(27)21-16-25(22(26)14-17-6-4-3-5-7-17)15-20(21)18-8-10-19(29-2)11-9-18/h3-11,20-21H,12-16H2,1-2H3,(H,24,27). The van der Waals surface area contributed by atoms with Crippen LogP contribution in [-0.4, -0.2) is 57.2 Å². The van der Waals surface area contributed by atoms with Crippen molar-refractivity contribution in [1.82, 2.24) is 10.2 Å². The highest BCUT2D eigenvalue weighted by molar-refractivity contribution is 5.84. The first-order chi connectivity index (χ1) is 14.1. The largest absolute Gasteiger partial charge is 0.497 e. The molecule has 2 aromatic carbocycles. The maximum absolute atomic E-state index is 12.9. The van der Waals surface area contributed by atoms with Crippen molar-refractivity contribution in [2.75, 3.05) is 40.5 Å². The molecule has 1 N–H and O–H groups in total. The van der Waals surface area contributed by atoms with Gasteiger partial charge in [0.15, 0.2) is 0 Å². The van der Waals surface area contributed by atoms with E-state index in [1.807, 2.05) is 59.5 Å². The summed E-state index contributed by atoms with van der Waals surface area (Å²) in [4.78, 5) is 27.5. The van der Waals surface area contributed by atoms with E-state index in [1.165, 1.54) is 0 Å². The van der Waals surface area contributed by atoms with E-state index in [9.17, 15) is 9.59 Å². The lowest BCUT2D eigenvalue weighted by Gasteiger charge is -2.18. The topological polar surface area (TPSA) is 67.9 Å². The lowest BCUT2D eigenvalue weighted by molar-refractivity contribution is -0.130. The lowest BCUT2D eigenvalue weighted by Crippen LogP contribution is -2.37. The first-order valence-electron chi connectivity index (χ1n) is 9.84. The number of ether oxygens (including phenoxy) is 2. The van der Waals surface area contributed by atoms with Gasteiger partial charge in [0.25, 0.3) is 0 Å². The van der Waals surface area contributed by atoms with Crippen molar-refractivity contribution in [3.63, 3.8) is 0 Å². The molecule has 0 spiro atoms. The zero-order valence-electron chi connectivity index (χ0n) is 17.0. The summed E-state index contributed by atoms with van der Waals surface area (Å²) in [5.41, 5.74) is 2.01. The molecular formula is C23H28N2O4. The third-order valence-electron chi connectivity index (χ3n) is 5.36. The van der Waals surface area contributed by atoms with Gasteiger partial charge in [0.05, 0.1) is 26.1 Å². The highest BCUT2D eigenvalue weighted by atomic mass is 16.5. The Kier molecular flexibility index (Phi) is 7.25. The molecule has 3 rings (SSSR count). The molecule has 2 atom stereocenters. The van der Waals surface area contributed by atoms with Crippen molar-refractivity contribution < 1.29 is 19.1 Å². The van der Waals surface area contributed by atoms with Gasteiger partial charge >= 0.3 is 0 Å². The summed E-state index contributed by atoms with van der Waals surface area (Å²) in [5.74, 6) is 0.424. The van der Waals surface area contributed by atoms with Gasteiger partial charge in [0.1, 0.15) is 5.75 Å². The summed E-state index contributed by atoms with van der Waals surface area (Å²) < 4.78 is 10.3. The van der Waals surface area contributed by atoms with Gasteiger partial charge in [-0.05, 0) is 23.3 Å². The minimum atomic E-state index is -0.292. The second-order valence-corrected chi connectivity index (χ2v) is 7.23. The molecule has 154 valence electrons. The van der Waals surface area contributed by atoms with Crippen LogP contribution >= 0.6 is 0 Å². The second-order valence-electron chi connectivity index (χ2n) is 7.23. The highest BCUT2D eigenvalue weighted by Gasteiger charge is 2.40. The number of rotatable bonds is 8. The van der Waals surface area contributed by atoms with E-state index in [1.54, 1.807) is 14.2 Å². The van der Waals surface area contributed by atoms with E-state index in [0.29, 0.717) is 32.7 Å². The van der Waals surface area contributed by atoms with Crippen LogP contribution in [0.2, 0.25) is 0 Å². The van der Waals surface area contributed by atoms with Crippen LogP contribution in [0.4, 0.5) is 0 Å². The van der Waals surface area contributed by atoms with Crippen LogP contribution < -0.4 is 10.1 Å². The molecule has 0 radical (unpaired) electrons. The Labute approximate surface area is 171 Å². The van der Waals surface area contributed by atoms with E-state index >= 15 is 0 Å². The molecule has 6 heteroatoms. The Morgan fingerprint density at radius 1 is 1.03 bits per heavy atom. The number of hydrogen-bond acceptors (Lipinski definition) is 4. The first-order valence-corrected chi connectivity index (χ1v) is 9.84. The van der Waals surface area contributed by atoms with Gasteiger partial charge in [-0.3, -0.25) is 9.59 Å². The van der Waals surface area contributed by atoms with E-state index in [-0.39, 0.29) is 23.7 Å². The fourth-order valence-corrected chi connectivity index (χ4v) is 3.75. The number of carbonyl (C=O) groups is 2. The van der Waals surface area contributed by atoms with Crippen molar-refractivity contribution in [3.05, 3.63) is 65.7 Å². The van der Waals surface area contributed by atoms with Gasteiger partial charge in [0, 0.05) is 32.7 Å². The van der Waals surface area contributed by atoms with Crippen molar-refractivity contribution in [3.8, 4) is 5.75 Å². The Hall–Kier alpha value is -2.86. The number of amides is 2. The SMILES string of the molecule is COCCNC(=O)C1CN(C(=O)Cc2ccccc2)CC1c1ccc(OC)cc1. The summed E-state index contributed by atoms with van der Waals surface area (Å²) in [5, 5.41) is 2.93. The van der Waals surface area contributed by atoms with Crippen LogP contribution in [0.3, 0.4) is 0 Å². The molecule has 2 unspecified atom stereocenters. The van der Waals surface area contributed by atoms with Crippen LogP contribution in [0.5, 0.6) is 5.75 Å². The van der Waals surface area contributed by atoms with Gasteiger partial charge in [-0.1, -0.05) is 42.5 Å². The Balaban J connectivity index is 1.75. The normalized spacial score (nSPS) is 18.5. The Morgan fingerprint density at radius 3 is 2.41 bits per heavy atom. The number of benzene rings is 2. The van der Waals surface area contributed by atoms with Crippen LogP contribution in [-0.2, 0) is 20.7 Å². The monoisotopic (exact) mass is 396 g/mol. The van der Waals surface area contributed by atoms with Crippen molar-refractivity contribution in [2.45, 2.75) is 12.3 Å². The zero-order valence-corrected chi connectivity index (χ0v) is 17.0. The highest BCUT2D eigenvalue weighted by Crippen LogP contribution is 2.34. The third kappa shape index (κ3) is 5.35. The maximum Gasteiger partial charge on any atom is 0.227 e. The molecular weight excluding hydrogens is 368 g/mol. The Morgan fingerprint density at radius 2 is 1.76 bits per heavy atom. The third-order valence-corrected chi connectivity index (χ3v) is 5.36. The van der Waals surface area contributed by atoms with Crippen LogP contribution in [0, 0.1) is 5.92 Å². The predicted octanol–water partition coefficient (Wildman–Crippen LogP) is 2.24. The molecule has 0 aromatic heterocycles. The number of methoxy groups -OCH3 is 2. The van der Waals surface area contributed by atoms with E-state index in [0.717, 1.165) is 16.9 Å². The molecule has 0 saturated carbocycles. The fraction of sp³-hybridized carbons (Fsp3) is 0.391.